The molecular weight excluding hydrogens is 413 g/mol. The molecule has 1 saturated heterocycles. The van der Waals surface area contributed by atoms with E-state index < -0.39 is 17.2 Å². The number of hydrogen-bond acceptors (Lipinski definition) is 5. The Morgan fingerprint density at radius 2 is 2.19 bits per heavy atom. The van der Waals surface area contributed by atoms with E-state index in [1.165, 1.54) is 29.7 Å². The fourth-order valence-electron chi connectivity index (χ4n) is 4.68. The maximum Gasteiger partial charge on any atom is 0.305 e. The number of aryl methyl sites for hydroxylation is 2. The SMILES string of the molecule is COc1ccc([C@@]2(CCCc3ccc4c(n3)NCCC4)CN(CCC(=O)O)C2=O)cc1F. The molecule has 7 nitrogen and oxygen atoms in total. The number of fused-ring (bicyclic) bond motifs is 1. The number of ether oxygens (including phenoxy) is 1. The van der Waals surface area contributed by atoms with Gasteiger partial charge in [0, 0.05) is 25.3 Å². The quantitative estimate of drug-likeness (QED) is 0.581. The predicted molar refractivity (Wildman–Crippen MR) is 117 cm³/mol. The fourth-order valence-corrected chi connectivity index (χ4v) is 4.68. The molecule has 0 saturated carbocycles. The number of halogens is 1. The highest BCUT2D eigenvalue weighted by Crippen LogP contribution is 2.41. The van der Waals surface area contributed by atoms with Gasteiger partial charge in [0.15, 0.2) is 11.6 Å². The van der Waals surface area contributed by atoms with Gasteiger partial charge < -0.3 is 20.1 Å². The minimum Gasteiger partial charge on any atom is -0.494 e. The van der Waals surface area contributed by atoms with Crippen LogP contribution in [0, 0.1) is 5.82 Å². The maximum absolute atomic E-state index is 14.4. The summed E-state index contributed by atoms with van der Waals surface area (Å²) >= 11 is 0. The molecule has 0 bridgehead atoms. The zero-order valence-electron chi connectivity index (χ0n) is 18.2. The number of nitrogens with one attached hydrogen (secondary N) is 1. The van der Waals surface area contributed by atoms with Crippen molar-refractivity contribution in [2.45, 2.75) is 43.9 Å². The highest BCUT2D eigenvalue weighted by molar-refractivity contribution is 5.94. The summed E-state index contributed by atoms with van der Waals surface area (Å²) in [4.78, 5) is 30.3. The van der Waals surface area contributed by atoms with Gasteiger partial charge in [0.25, 0.3) is 0 Å². The Bertz CT molecular complexity index is 1030. The number of amides is 1. The van der Waals surface area contributed by atoms with Crippen LogP contribution in [0.3, 0.4) is 0 Å². The number of pyridine rings is 1. The van der Waals surface area contributed by atoms with Crippen molar-refractivity contribution in [3.05, 3.63) is 53.0 Å². The lowest BCUT2D eigenvalue weighted by Crippen LogP contribution is -2.64. The molecule has 3 heterocycles. The van der Waals surface area contributed by atoms with Gasteiger partial charge in [0.1, 0.15) is 5.82 Å². The van der Waals surface area contributed by atoms with Crippen LogP contribution in [0.1, 0.15) is 42.5 Å². The number of anilines is 1. The van der Waals surface area contributed by atoms with Crippen molar-refractivity contribution in [3.63, 3.8) is 0 Å². The molecule has 2 N–H and O–H groups in total. The van der Waals surface area contributed by atoms with E-state index in [1.807, 2.05) is 6.07 Å². The number of hydrogen-bond donors (Lipinski definition) is 2. The molecule has 170 valence electrons. The molecule has 0 radical (unpaired) electrons. The first-order chi connectivity index (χ1) is 15.4. The van der Waals surface area contributed by atoms with Crippen LogP contribution in [0.25, 0.3) is 0 Å². The molecule has 1 atom stereocenters. The van der Waals surface area contributed by atoms with Gasteiger partial charge in [-0.15, -0.1) is 0 Å². The molecule has 2 aliphatic heterocycles. The lowest BCUT2D eigenvalue weighted by atomic mass is 9.69. The number of aliphatic carboxylic acids is 1. The number of rotatable bonds is 9. The van der Waals surface area contributed by atoms with Crippen LogP contribution in [-0.4, -0.2) is 53.6 Å². The Labute approximate surface area is 186 Å². The van der Waals surface area contributed by atoms with Crippen molar-refractivity contribution in [1.29, 1.82) is 0 Å². The topological polar surface area (TPSA) is 91.8 Å². The third kappa shape index (κ3) is 4.26. The lowest BCUT2D eigenvalue weighted by molar-refractivity contribution is -0.153. The highest BCUT2D eigenvalue weighted by atomic mass is 19.1. The zero-order chi connectivity index (χ0) is 22.7. The zero-order valence-corrected chi connectivity index (χ0v) is 18.2. The summed E-state index contributed by atoms with van der Waals surface area (Å²) < 4.78 is 19.4. The number of aromatic nitrogens is 1. The summed E-state index contributed by atoms with van der Waals surface area (Å²) in [5, 5.41) is 12.3. The Hall–Kier alpha value is -3.16. The molecule has 2 aromatic rings. The van der Waals surface area contributed by atoms with Gasteiger partial charge in [-0.3, -0.25) is 9.59 Å². The fraction of sp³-hybridized carbons (Fsp3) is 0.458. The molecule has 1 amide bonds. The number of carboxylic acid groups (broad SMARTS) is 1. The number of carboxylic acids is 1. The summed E-state index contributed by atoms with van der Waals surface area (Å²) in [5.74, 6) is -0.533. The van der Waals surface area contributed by atoms with Crippen molar-refractivity contribution in [1.82, 2.24) is 9.88 Å². The van der Waals surface area contributed by atoms with E-state index in [4.69, 9.17) is 14.8 Å². The Balaban J connectivity index is 1.49. The molecule has 1 aromatic carbocycles. The third-order valence-corrected chi connectivity index (χ3v) is 6.45. The molecule has 8 heteroatoms. The van der Waals surface area contributed by atoms with E-state index in [0.717, 1.165) is 30.9 Å². The molecule has 1 fully saturated rings. The van der Waals surface area contributed by atoms with E-state index in [2.05, 4.69) is 11.4 Å². The first-order valence-electron chi connectivity index (χ1n) is 11.0. The van der Waals surface area contributed by atoms with Gasteiger partial charge in [-0.1, -0.05) is 12.1 Å². The lowest BCUT2D eigenvalue weighted by Gasteiger charge is -2.49. The smallest absolute Gasteiger partial charge is 0.305 e. The average molecular weight is 442 g/mol. The van der Waals surface area contributed by atoms with E-state index in [-0.39, 0.29) is 24.6 Å². The molecule has 0 unspecified atom stereocenters. The van der Waals surface area contributed by atoms with Gasteiger partial charge in [-0.2, -0.15) is 0 Å². The average Bonchev–Trinajstić information content (AvgIpc) is 2.79. The number of methoxy groups -OCH3 is 1. The van der Waals surface area contributed by atoms with Crippen molar-refractivity contribution in [2.75, 3.05) is 32.1 Å². The minimum atomic E-state index is -0.946. The van der Waals surface area contributed by atoms with E-state index in [0.29, 0.717) is 31.4 Å². The Morgan fingerprint density at radius 3 is 2.91 bits per heavy atom. The monoisotopic (exact) mass is 441 g/mol. The standard InChI is InChI=1S/C24H28FN3O4/c1-32-20-9-7-17(14-19(20)25)24(15-28(23(24)31)13-10-21(29)30)11-2-5-18-8-6-16-4-3-12-26-22(16)27-18/h6-9,14H,2-5,10-13,15H2,1H3,(H,26,27)(H,29,30)/t24-/m1/s1. The second-order valence-corrected chi connectivity index (χ2v) is 8.50. The summed E-state index contributed by atoms with van der Waals surface area (Å²) in [6.07, 6.45) is 3.98. The number of nitrogens with zero attached hydrogens (tertiary/aromatic N) is 2. The van der Waals surface area contributed by atoms with Crippen molar-refractivity contribution in [3.8, 4) is 5.75 Å². The number of benzene rings is 1. The van der Waals surface area contributed by atoms with Crippen molar-refractivity contribution < 1.29 is 23.8 Å². The second-order valence-electron chi connectivity index (χ2n) is 8.50. The van der Waals surface area contributed by atoms with Crippen LogP contribution in [0.15, 0.2) is 30.3 Å². The van der Waals surface area contributed by atoms with E-state index in [1.54, 1.807) is 6.07 Å². The van der Waals surface area contributed by atoms with Gasteiger partial charge in [0.2, 0.25) is 5.91 Å². The van der Waals surface area contributed by atoms with E-state index in [9.17, 15) is 14.0 Å². The largest absolute Gasteiger partial charge is 0.494 e. The van der Waals surface area contributed by atoms with Gasteiger partial charge in [0.05, 0.1) is 18.9 Å². The van der Waals surface area contributed by atoms with Gasteiger partial charge in [-0.25, -0.2) is 9.37 Å². The first kappa shape index (κ1) is 22.0. The minimum absolute atomic E-state index is 0.106. The number of carbonyl (C=O) groups is 2. The summed E-state index contributed by atoms with van der Waals surface area (Å²) in [5.41, 5.74) is 1.95. The van der Waals surface area contributed by atoms with Crippen molar-refractivity contribution in [2.24, 2.45) is 0 Å². The van der Waals surface area contributed by atoms with Crippen LogP contribution in [0.2, 0.25) is 0 Å². The molecule has 0 aliphatic carbocycles. The number of likely N-dealkylation sites (tertiary alicyclic amines) is 1. The maximum atomic E-state index is 14.4. The highest BCUT2D eigenvalue weighted by Gasteiger charge is 2.52. The van der Waals surface area contributed by atoms with Crippen LogP contribution in [0.4, 0.5) is 10.2 Å². The predicted octanol–water partition coefficient (Wildman–Crippen LogP) is 3.17. The van der Waals surface area contributed by atoms with Gasteiger partial charge >= 0.3 is 5.97 Å². The Kier molecular flexibility index (Phi) is 6.30. The Morgan fingerprint density at radius 1 is 1.34 bits per heavy atom. The van der Waals surface area contributed by atoms with Crippen LogP contribution in [-0.2, 0) is 27.8 Å². The van der Waals surface area contributed by atoms with Gasteiger partial charge in [-0.05, 0) is 61.4 Å². The number of carbonyl (C=O) groups excluding carboxylic acids is 1. The molecule has 1 aromatic heterocycles. The summed E-state index contributed by atoms with van der Waals surface area (Å²) in [7, 11) is 1.40. The second kappa shape index (κ2) is 9.14. The van der Waals surface area contributed by atoms with Crippen molar-refractivity contribution >= 4 is 17.7 Å². The van der Waals surface area contributed by atoms with E-state index >= 15 is 0 Å². The third-order valence-electron chi connectivity index (χ3n) is 6.45. The van der Waals surface area contributed by atoms with Crippen LogP contribution < -0.4 is 10.1 Å². The van der Waals surface area contributed by atoms with Crippen LogP contribution in [0.5, 0.6) is 5.75 Å². The molecule has 32 heavy (non-hydrogen) atoms. The normalized spacial score (nSPS) is 19.7. The summed E-state index contributed by atoms with van der Waals surface area (Å²) in [6, 6.07) is 8.78. The summed E-state index contributed by atoms with van der Waals surface area (Å²) in [6.45, 7) is 1.47. The molecule has 0 spiro atoms. The number of β-lactam (4-membered cyclic amide) rings is 1. The van der Waals surface area contributed by atoms with Crippen LogP contribution >= 0.6 is 0 Å². The molecule has 2 aliphatic rings. The first-order valence-corrected chi connectivity index (χ1v) is 11.0. The molecular formula is C24H28FN3O4. The molecule has 4 rings (SSSR count).